The highest BCUT2D eigenvalue weighted by Crippen LogP contribution is 2.28. The van der Waals surface area contributed by atoms with Gasteiger partial charge in [0.25, 0.3) is 0 Å². The van der Waals surface area contributed by atoms with Gasteiger partial charge in [0.05, 0.1) is 12.5 Å². The third kappa shape index (κ3) is 1.50. The molecular weight excluding hydrogens is 192 g/mol. The first kappa shape index (κ1) is 9.20. The van der Waals surface area contributed by atoms with Gasteiger partial charge in [-0.2, -0.15) is 5.26 Å². The van der Waals surface area contributed by atoms with Crippen LogP contribution in [0.15, 0.2) is 29.6 Å². The molecule has 0 saturated carbocycles. The predicted molar refractivity (Wildman–Crippen MR) is 59.0 cm³/mol. The smallest absolute Gasteiger partial charge is 0.0641 e. The summed E-state index contributed by atoms with van der Waals surface area (Å²) in [6.45, 7) is 0. The Bertz CT molecular complexity index is 481. The second-order valence-corrected chi connectivity index (χ2v) is 4.10. The first-order valence-electron chi connectivity index (χ1n) is 4.41. The maximum atomic E-state index is 8.59. The molecule has 2 aromatic rings. The van der Waals surface area contributed by atoms with E-state index in [4.69, 9.17) is 11.0 Å². The lowest BCUT2D eigenvalue weighted by Crippen LogP contribution is -2.09. The highest BCUT2D eigenvalue weighted by atomic mass is 32.1. The Morgan fingerprint density at radius 2 is 2.29 bits per heavy atom. The number of nitrogens with zero attached hydrogens (tertiary/aromatic N) is 1. The van der Waals surface area contributed by atoms with E-state index in [9.17, 15) is 0 Å². The lowest BCUT2D eigenvalue weighted by Gasteiger charge is -2.08. The van der Waals surface area contributed by atoms with Gasteiger partial charge in [0.1, 0.15) is 0 Å². The van der Waals surface area contributed by atoms with Gasteiger partial charge in [0.15, 0.2) is 0 Å². The zero-order chi connectivity index (χ0) is 9.97. The maximum Gasteiger partial charge on any atom is 0.0641 e. The van der Waals surface area contributed by atoms with Gasteiger partial charge < -0.3 is 5.73 Å². The van der Waals surface area contributed by atoms with Crippen molar-refractivity contribution in [3.05, 3.63) is 35.2 Å². The molecule has 3 heteroatoms. The number of nitriles is 1. The van der Waals surface area contributed by atoms with Crippen molar-refractivity contribution in [2.24, 2.45) is 5.73 Å². The molecule has 1 aromatic carbocycles. The molecule has 70 valence electrons. The molecule has 0 fully saturated rings. The molecule has 0 radical (unpaired) electrons. The van der Waals surface area contributed by atoms with E-state index in [1.807, 2.05) is 17.5 Å². The summed E-state index contributed by atoms with van der Waals surface area (Å²) in [4.78, 5) is 0. The summed E-state index contributed by atoms with van der Waals surface area (Å²) in [5.41, 5.74) is 6.99. The molecule has 1 aromatic heterocycles. The van der Waals surface area contributed by atoms with Crippen molar-refractivity contribution >= 4 is 21.4 Å². The van der Waals surface area contributed by atoms with Crippen LogP contribution in [0.5, 0.6) is 0 Å². The third-order valence-electron chi connectivity index (χ3n) is 2.24. The molecule has 0 aliphatic rings. The van der Waals surface area contributed by atoms with Crippen molar-refractivity contribution in [3.8, 4) is 6.07 Å². The molecular formula is C11H10N2S. The Labute approximate surface area is 86.6 Å². The van der Waals surface area contributed by atoms with E-state index in [-0.39, 0.29) is 6.04 Å². The monoisotopic (exact) mass is 202 g/mol. The topological polar surface area (TPSA) is 49.8 Å². The van der Waals surface area contributed by atoms with Crippen molar-refractivity contribution in [1.29, 1.82) is 5.26 Å². The largest absolute Gasteiger partial charge is 0.323 e. The number of rotatable bonds is 2. The van der Waals surface area contributed by atoms with E-state index in [1.54, 1.807) is 11.3 Å². The van der Waals surface area contributed by atoms with E-state index >= 15 is 0 Å². The van der Waals surface area contributed by atoms with Gasteiger partial charge in [-0.25, -0.2) is 0 Å². The van der Waals surface area contributed by atoms with Gasteiger partial charge in [0.2, 0.25) is 0 Å². The minimum Gasteiger partial charge on any atom is -0.323 e. The molecule has 1 unspecified atom stereocenters. The van der Waals surface area contributed by atoms with Crippen LogP contribution in [0.4, 0.5) is 0 Å². The van der Waals surface area contributed by atoms with Crippen molar-refractivity contribution < 1.29 is 0 Å². The second kappa shape index (κ2) is 3.79. The number of fused-ring (bicyclic) bond motifs is 1. The molecule has 2 rings (SSSR count). The molecule has 0 spiro atoms. The van der Waals surface area contributed by atoms with Crippen LogP contribution in [-0.2, 0) is 0 Å². The first-order valence-corrected chi connectivity index (χ1v) is 5.29. The lowest BCUT2D eigenvalue weighted by molar-refractivity contribution is 0.755. The van der Waals surface area contributed by atoms with Crippen LogP contribution in [-0.4, -0.2) is 0 Å². The minimum atomic E-state index is -0.168. The van der Waals surface area contributed by atoms with Crippen LogP contribution in [0.25, 0.3) is 10.1 Å². The average molecular weight is 202 g/mol. The Morgan fingerprint density at radius 3 is 3.07 bits per heavy atom. The van der Waals surface area contributed by atoms with Gasteiger partial charge in [0, 0.05) is 10.7 Å². The van der Waals surface area contributed by atoms with Crippen LogP contribution < -0.4 is 5.73 Å². The van der Waals surface area contributed by atoms with Gasteiger partial charge >= 0.3 is 0 Å². The van der Waals surface area contributed by atoms with Crippen LogP contribution in [0, 0.1) is 11.3 Å². The summed E-state index contributed by atoms with van der Waals surface area (Å²) in [6.07, 6.45) is 0.370. The molecule has 1 heterocycles. The highest BCUT2D eigenvalue weighted by molar-refractivity contribution is 7.17. The molecule has 0 bridgehead atoms. The maximum absolute atomic E-state index is 8.59. The Kier molecular flexibility index (Phi) is 2.49. The summed E-state index contributed by atoms with van der Waals surface area (Å²) in [6, 6.07) is 10.1. The second-order valence-electron chi connectivity index (χ2n) is 3.15. The highest BCUT2D eigenvalue weighted by Gasteiger charge is 2.09. The van der Waals surface area contributed by atoms with E-state index in [1.165, 1.54) is 10.1 Å². The molecule has 2 nitrogen and oxygen atoms in total. The number of hydrogen-bond acceptors (Lipinski definition) is 3. The van der Waals surface area contributed by atoms with Crippen LogP contribution in [0.3, 0.4) is 0 Å². The Morgan fingerprint density at radius 1 is 1.43 bits per heavy atom. The number of hydrogen-bond donors (Lipinski definition) is 1. The minimum absolute atomic E-state index is 0.168. The summed E-state index contributed by atoms with van der Waals surface area (Å²) < 4.78 is 1.23. The standard InChI is InChI=1S/C11H10N2S/c12-6-4-10(13)8-2-1-3-11-9(8)5-7-14-11/h1-3,5,7,10H,4,13H2. The lowest BCUT2D eigenvalue weighted by atomic mass is 10.0. The predicted octanol–water partition coefficient (Wildman–Crippen LogP) is 2.81. The molecule has 0 aliphatic carbocycles. The molecule has 2 N–H and O–H groups in total. The third-order valence-corrected chi connectivity index (χ3v) is 3.12. The molecule has 0 saturated heterocycles. The zero-order valence-corrected chi connectivity index (χ0v) is 8.42. The van der Waals surface area contributed by atoms with Gasteiger partial charge in [-0.1, -0.05) is 12.1 Å². The van der Waals surface area contributed by atoms with Crippen molar-refractivity contribution in [2.45, 2.75) is 12.5 Å². The fourth-order valence-electron chi connectivity index (χ4n) is 1.55. The first-order chi connectivity index (χ1) is 6.83. The number of benzene rings is 1. The normalized spacial score (nSPS) is 12.6. The van der Waals surface area contributed by atoms with E-state index in [2.05, 4.69) is 18.2 Å². The number of nitrogens with two attached hydrogens (primary N) is 1. The number of thiophene rings is 1. The summed E-state index contributed by atoms with van der Waals surface area (Å²) in [5.74, 6) is 0. The van der Waals surface area contributed by atoms with Gasteiger partial charge in [-0.15, -0.1) is 11.3 Å². The van der Waals surface area contributed by atoms with E-state index in [0.29, 0.717) is 6.42 Å². The fraction of sp³-hybridized carbons (Fsp3) is 0.182. The van der Waals surface area contributed by atoms with Crippen molar-refractivity contribution in [1.82, 2.24) is 0 Å². The average Bonchev–Trinajstić information content (AvgIpc) is 2.65. The van der Waals surface area contributed by atoms with Crippen LogP contribution in [0.2, 0.25) is 0 Å². The Hall–Kier alpha value is -1.37. The van der Waals surface area contributed by atoms with Crippen LogP contribution >= 0.6 is 11.3 Å². The quantitative estimate of drug-likeness (QED) is 0.814. The molecule has 0 aliphatic heterocycles. The van der Waals surface area contributed by atoms with Crippen molar-refractivity contribution in [2.75, 3.05) is 0 Å². The zero-order valence-electron chi connectivity index (χ0n) is 7.60. The summed E-state index contributed by atoms with van der Waals surface area (Å²) in [5, 5.41) is 11.8. The summed E-state index contributed by atoms with van der Waals surface area (Å²) in [7, 11) is 0. The Balaban J connectivity index is 2.51. The van der Waals surface area contributed by atoms with Crippen molar-refractivity contribution in [3.63, 3.8) is 0 Å². The molecule has 14 heavy (non-hydrogen) atoms. The van der Waals surface area contributed by atoms with Gasteiger partial charge in [-0.3, -0.25) is 0 Å². The van der Waals surface area contributed by atoms with E-state index < -0.39 is 0 Å². The molecule has 0 amide bonds. The van der Waals surface area contributed by atoms with Gasteiger partial charge in [-0.05, 0) is 28.5 Å². The van der Waals surface area contributed by atoms with Crippen LogP contribution in [0.1, 0.15) is 18.0 Å². The SMILES string of the molecule is N#CCC(N)c1cccc2sccc12. The fourth-order valence-corrected chi connectivity index (χ4v) is 2.37. The van der Waals surface area contributed by atoms with E-state index in [0.717, 1.165) is 5.56 Å². The summed E-state index contributed by atoms with van der Waals surface area (Å²) >= 11 is 1.70. The molecule has 1 atom stereocenters.